The number of nitrogens with zero attached hydrogens (tertiary/aromatic N) is 3. The van der Waals surface area contributed by atoms with Crippen LogP contribution in [0.5, 0.6) is 5.75 Å². The number of rotatable bonds is 4. The molecule has 1 N–H and O–H groups in total. The summed E-state index contributed by atoms with van der Waals surface area (Å²) in [5, 5.41) is 2.41. The van der Waals surface area contributed by atoms with Crippen molar-refractivity contribution in [1.82, 2.24) is 15.1 Å². The van der Waals surface area contributed by atoms with Crippen molar-refractivity contribution in [1.29, 1.82) is 0 Å². The Bertz CT molecular complexity index is 622. The number of carbonyl (C=O) groups excluding carboxylic acids is 3. The molecule has 128 valence electrons. The maximum Gasteiger partial charge on any atom is 0.325 e. The van der Waals surface area contributed by atoms with Crippen molar-refractivity contribution in [3.8, 4) is 5.75 Å². The minimum Gasteiger partial charge on any atom is -0.497 e. The van der Waals surface area contributed by atoms with Gasteiger partial charge in [0, 0.05) is 31.9 Å². The number of imide groups is 1. The van der Waals surface area contributed by atoms with E-state index in [1.54, 1.807) is 12.0 Å². The van der Waals surface area contributed by atoms with Gasteiger partial charge in [0.05, 0.1) is 13.7 Å². The Balaban J connectivity index is 1.53. The van der Waals surface area contributed by atoms with Crippen LogP contribution in [0.15, 0.2) is 24.3 Å². The monoisotopic (exact) mass is 332 g/mol. The fourth-order valence-corrected chi connectivity index (χ4v) is 2.86. The highest BCUT2D eigenvalue weighted by Gasteiger charge is 2.32. The first-order valence-electron chi connectivity index (χ1n) is 7.83. The van der Waals surface area contributed by atoms with E-state index >= 15 is 0 Å². The maximum atomic E-state index is 12.3. The molecule has 24 heavy (non-hydrogen) atoms. The van der Waals surface area contributed by atoms with Gasteiger partial charge in [0.25, 0.3) is 5.91 Å². The highest BCUT2D eigenvalue weighted by atomic mass is 16.5. The molecule has 4 amide bonds. The van der Waals surface area contributed by atoms with Crippen molar-refractivity contribution >= 4 is 23.5 Å². The van der Waals surface area contributed by atoms with E-state index < -0.39 is 6.03 Å². The van der Waals surface area contributed by atoms with Gasteiger partial charge in [-0.3, -0.25) is 14.5 Å². The molecular formula is C16H20N4O4. The number of anilines is 1. The highest BCUT2D eigenvalue weighted by Crippen LogP contribution is 2.20. The molecule has 0 bridgehead atoms. The Hall–Kier alpha value is -2.77. The van der Waals surface area contributed by atoms with Crippen LogP contribution in [0.25, 0.3) is 0 Å². The van der Waals surface area contributed by atoms with Crippen LogP contribution in [0.2, 0.25) is 0 Å². The zero-order chi connectivity index (χ0) is 17.1. The number of hydrogen-bond acceptors (Lipinski definition) is 5. The van der Waals surface area contributed by atoms with Crippen molar-refractivity contribution in [2.24, 2.45) is 0 Å². The number of ether oxygens (including phenoxy) is 1. The molecule has 1 aromatic carbocycles. The molecule has 2 saturated heterocycles. The Morgan fingerprint density at radius 2 is 1.79 bits per heavy atom. The number of methoxy groups -OCH3 is 1. The number of amides is 4. The van der Waals surface area contributed by atoms with E-state index in [2.05, 4.69) is 10.2 Å². The molecule has 0 unspecified atom stereocenters. The molecule has 2 aliphatic rings. The smallest absolute Gasteiger partial charge is 0.325 e. The second-order valence-corrected chi connectivity index (χ2v) is 5.70. The van der Waals surface area contributed by atoms with E-state index in [1.807, 2.05) is 24.3 Å². The lowest BCUT2D eigenvalue weighted by Crippen LogP contribution is -2.52. The average Bonchev–Trinajstić information content (AvgIpc) is 2.94. The van der Waals surface area contributed by atoms with Gasteiger partial charge in [-0.2, -0.15) is 0 Å². The second kappa shape index (κ2) is 6.77. The van der Waals surface area contributed by atoms with Crippen LogP contribution in [0, 0.1) is 0 Å². The second-order valence-electron chi connectivity index (χ2n) is 5.70. The Labute approximate surface area is 139 Å². The molecule has 8 heteroatoms. The molecule has 0 atom stereocenters. The van der Waals surface area contributed by atoms with E-state index in [4.69, 9.17) is 4.74 Å². The van der Waals surface area contributed by atoms with Gasteiger partial charge in [-0.1, -0.05) is 0 Å². The van der Waals surface area contributed by atoms with Crippen LogP contribution in [0.3, 0.4) is 0 Å². The van der Waals surface area contributed by atoms with Crippen LogP contribution in [-0.2, 0) is 9.59 Å². The van der Waals surface area contributed by atoms with Gasteiger partial charge in [-0.05, 0) is 24.3 Å². The number of piperazine rings is 1. The maximum absolute atomic E-state index is 12.3. The lowest BCUT2D eigenvalue weighted by molar-refractivity contribution is -0.136. The summed E-state index contributed by atoms with van der Waals surface area (Å²) in [6, 6.07) is 7.30. The van der Waals surface area contributed by atoms with Crippen molar-refractivity contribution in [2.45, 2.75) is 0 Å². The first-order valence-corrected chi connectivity index (χ1v) is 7.83. The first kappa shape index (κ1) is 16.1. The molecule has 2 heterocycles. The third kappa shape index (κ3) is 3.27. The topological polar surface area (TPSA) is 82.2 Å². The van der Waals surface area contributed by atoms with E-state index in [0.717, 1.165) is 16.3 Å². The summed E-state index contributed by atoms with van der Waals surface area (Å²) in [7, 11) is 1.63. The summed E-state index contributed by atoms with van der Waals surface area (Å²) in [6.45, 7) is 2.32. The summed E-state index contributed by atoms with van der Waals surface area (Å²) in [5.41, 5.74) is 1.08. The van der Waals surface area contributed by atoms with E-state index in [9.17, 15) is 14.4 Å². The largest absolute Gasteiger partial charge is 0.497 e. The zero-order valence-electron chi connectivity index (χ0n) is 13.5. The normalized spacial score (nSPS) is 18.0. The minimum absolute atomic E-state index is 0.0304. The van der Waals surface area contributed by atoms with Crippen molar-refractivity contribution < 1.29 is 19.1 Å². The number of benzene rings is 1. The molecule has 0 aliphatic carbocycles. The molecule has 3 rings (SSSR count). The quantitative estimate of drug-likeness (QED) is 0.779. The number of urea groups is 1. The number of nitrogens with one attached hydrogen (secondary N) is 1. The molecule has 2 fully saturated rings. The van der Waals surface area contributed by atoms with Gasteiger partial charge in [-0.25, -0.2) is 4.79 Å². The molecule has 2 aliphatic heterocycles. The van der Waals surface area contributed by atoms with Crippen LogP contribution in [0.4, 0.5) is 10.5 Å². The van der Waals surface area contributed by atoms with Crippen LogP contribution >= 0.6 is 0 Å². The van der Waals surface area contributed by atoms with Gasteiger partial charge in [-0.15, -0.1) is 0 Å². The third-order valence-corrected chi connectivity index (χ3v) is 4.30. The average molecular weight is 332 g/mol. The Morgan fingerprint density at radius 3 is 2.33 bits per heavy atom. The number of carbonyl (C=O) groups is 3. The summed E-state index contributed by atoms with van der Waals surface area (Å²) >= 11 is 0. The predicted molar refractivity (Wildman–Crippen MR) is 86.9 cm³/mol. The standard InChI is InChI=1S/C16H20N4O4/c1-24-13-4-2-12(3-5-13)18-6-8-19(9-7-18)15(22)11-20-14(21)10-17-16(20)23/h2-5H,6-11H2,1H3,(H,17,23). The summed E-state index contributed by atoms with van der Waals surface area (Å²) < 4.78 is 5.15. The Morgan fingerprint density at radius 1 is 1.12 bits per heavy atom. The van der Waals surface area contributed by atoms with Crippen molar-refractivity contribution in [2.75, 3.05) is 51.3 Å². The van der Waals surface area contributed by atoms with E-state index in [-0.39, 0.29) is 24.9 Å². The molecule has 0 saturated carbocycles. The molecule has 8 nitrogen and oxygen atoms in total. The van der Waals surface area contributed by atoms with Crippen LogP contribution in [0.1, 0.15) is 0 Å². The SMILES string of the molecule is COc1ccc(N2CCN(C(=O)CN3C(=O)CNC3=O)CC2)cc1. The number of hydrogen-bond donors (Lipinski definition) is 1. The molecular weight excluding hydrogens is 312 g/mol. The first-order chi connectivity index (χ1) is 11.6. The van der Waals surface area contributed by atoms with Gasteiger partial charge >= 0.3 is 6.03 Å². The summed E-state index contributed by atoms with van der Waals surface area (Å²) in [6.07, 6.45) is 0. The van der Waals surface area contributed by atoms with Crippen molar-refractivity contribution in [3.05, 3.63) is 24.3 Å². The van der Waals surface area contributed by atoms with Crippen molar-refractivity contribution in [3.63, 3.8) is 0 Å². The van der Waals surface area contributed by atoms with E-state index in [1.165, 1.54) is 0 Å². The van der Waals surface area contributed by atoms with E-state index in [0.29, 0.717) is 26.2 Å². The zero-order valence-corrected chi connectivity index (χ0v) is 13.5. The summed E-state index contributed by atoms with van der Waals surface area (Å²) in [5.74, 6) is 0.251. The predicted octanol–water partition coefficient (Wildman–Crippen LogP) is -0.104. The van der Waals surface area contributed by atoms with Crippen LogP contribution < -0.4 is 15.0 Å². The Kier molecular flexibility index (Phi) is 4.54. The van der Waals surface area contributed by atoms with Crippen LogP contribution in [-0.4, -0.2) is 74.0 Å². The third-order valence-electron chi connectivity index (χ3n) is 4.30. The van der Waals surface area contributed by atoms with Gasteiger partial charge in [0.15, 0.2) is 0 Å². The fourth-order valence-electron chi connectivity index (χ4n) is 2.86. The lowest BCUT2D eigenvalue weighted by atomic mass is 10.2. The molecule has 0 radical (unpaired) electrons. The lowest BCUT2D eigenvalue weighted by Gasteiger charge is -2.36. The highest BCUT2D eigenvalue weighted by molar-refractivity contribution is 6.04. The summed E-state index contributed by atoms with van der Waals surface area (Å²) in [4.78, 5) is 40.2. The fraction of sp³-hybridized carbons (Fsp3) is 0.438. The minimum atomic E-state index is -0.495. The molecule has 1 aromatic rings. The van der Waals surface area contributed by atoms with Gasteiger partial charge < -0.3 is 19.9 Å². The molecule has 0 aromatic heterocycles. The molecule has 0 spiro atoms. The van der Waals surface area contributed by atoms with Gasteiger partial charge in [0.2, 0.25) is 5.91 Å². The van der Waals surface area contributed by atoms with Gasteiger partial charge in [0.1, 0.15) is 12.3 Å².